The molecule has 0 atom stereocenters. The van der Waals surface area contributed by atoms with Crippen LogP contribution in [0.5, 0.6) is 0 Å². The van der Waals surface area contributed by atoms with Gasteiger partial charge in [-0.25, -0.2) is 0 Å². The molecule has 1 aromatic rings. The summed E-state index contributed by atoms with van der Waals surface area (Å²) in [6.07, 6.45) is 0. The van der Waals surface area contributed by atoms with Gasteiger partial charge in [-0.05, 0) is 25.1 Å². The lowest BCUT2D eigenvalue weighted by molar-refractivity contribution is 0.789. The third-order valence-corrected chi connectivity index (χ3v) is 2.53. The van der Waals surface area contributed by atoms with Crippen molar-refractivity contribution in [2.45, 2.75) is 13.5 Å². The largest absolute Gasteiger partial charge is 0.303 e. The van der Waals surface area contributed by atoms with Gasteiger partial charge in [-0.15, -0.1) is 0 Å². The first kappa shape index (κ1) is 10.6. The number of hydrogen-bond acceptors (Lipinski definition) is 3. The Bertz CT molecular complexity index is 250. The van der Waals surface area contributed by atoms with E-state index in [0.717, 1.165) is 12.4 Å². The van der Waals surface area contributed by atoms with Gasteiger partial charge in [0.15, 0.2) is 0 Å². The number of benzene rings is 1. The fraction of sp³-hybridized carbons (Fsp3) is 0.400. The molecule has 1 aromatic carbocycles. The molecule has 0 radical (unpaired) electrons. The maximum Gasteiger partial charge on any atom is 0.0568 e. The maximum atomic E-state index is 3.34. The van der Waals surface area contributed by atoms with Gasteiger partial charge in [0.1, 0.15) is 0 Å². The van der Waals surface area contributed by atoms with Crippen LogP contribution in [0.15, 0.2) is 24.3 Å². The Labute approximate surface area is 84.2 Å². The minimum atomic E-state index is 0.935. The normalized spacial score (nSPS) is 10.3. The SMILES string of the molecule is CNSCNCc1ccccc1C. The summed E-state index contributed by atoms with van der Waals surface area (Å²) >= 11 is 1.67. The number of aryl methyl sites for hydroxylation is 1. The van der Waals surface area contributed by atoms with Crippen molar-refractivity contribution in [2.24, 2.45) is 0 Å². The fourth-order valence-corrected chi connectivity index (χ4v) is 1.47. The van der Waals surface area contributed by atoms with Gasteiger partial charge in [0, 0.05) is 6.54 Å². The van der Waals surface area contributed by atoms with Crippen molar-refractivity contribution in [2.75, 3.05) is 12.9 Å². The molecular weight excluding hydrogens is 180 g/mol. The lowest BCUT2D eigenvalue weighted by Gasteiger charge is -2.06. The number of hydrogen-bond donors (Lipinski definition) is 2. The summed E-state index contributed by atoms with van der Waals surface area (Å²) in [7, 11) is 1.93. The van der Waals surface area contributed by atoms with Crippen LogP contribution in [0.2, 0.25) is 0 Å². The summed E-state index contributed by atoms with van der Waals surface area (Å²) in [5, 5.41) is 3.34. The van der Waals surface area contributed by atoms with Crippen LogP contribution < -0.4 is 10.0 Å². The van der Waals surface area contributed by atoms with Gasteiger partial charge in [-0.2, -0.15) is 0 Å². The highest BCUT2D eigenvalue weighted by Crippen LogP contribution is 2.06. The molecule has 2 N–H and O–H groups in total. The molecule has 0 aliphatic rings. The van der Waals surface area contributed by atoms with Crippen molar-refractivity contribution < 1.29 is 0 Å². The van der Waals surface area contributed by atoms with Gasteiger partial charge in [-0.3, -0.25) is 4.72 Å². The zero-order valence-electron chi connectivity index (χ0n) is 8.13. The molecule has 13 heavy (non-hydrogen) atoms. The molecule has 0 unspecified atom stereocenters. The van der Waals surface area contributed by atoms with Crippen LogP contribution in [-0.4, -0.2) is 12.9 Å². The first-order valence-corrected chi connectivity index (χ1v) is 5.37. The second-order valence-electron chi connectivity index (χ2n) is 2.85. The van der Waals surface area contributed by atoms with Crippen molar-refractivity contribution in [3.8, 4) is 0 Å². The van der Waals surface area contributed by atoms with E-state index in [9.17, 15) is 0 Å². The highest BCUT2D eigenvalue weighted by Gasteiger charge is 1.94. The molecule has 0 fully saturated rings. The summed E-state index contributed by atoms with van der Waals surface area (Å²) in [6, 6.07) is 8.45. The molecule has 72 valence electrons. The second kappa shape index (κ2) is 6.02. The Kier molecular flexibility index (Phi) is 4.90. The minimum absolute atomic E-state index is 0.935. The first-order chi connectivity index (χ1) is 6.34. The van der Waals surface area contributed by atoms with Crippen LogP contribution >= 0.6 is 11.9 Å². The smallest absolute Gasteiger partial charge is 0.0568 e. The van der Waals surface area contributed by atoms with Crippen LogP contribution in [0.1, 0.15) is 11.1 Å². The van der Waals surface area contributed by atoms with E-state index < -0.39 is 0 Å². The van der Waals surface area contributed by atoms with Crippen molar-refractivity contribution in [3.05, 3.63) is 35.4 Å². The van der Waals surface area contributed by atoms with Crippen LogP contribution in [0, 0.1) is 6.92 Å². The van der Waals surface area contributed by atoms with Gasteiger partial charge in [0.05, 0.1) is 5.88 Å². The van der Waals surface area contributed by atoms with Crippen molar-refractivity contribution >= 4 is 11.9 Å². The third kappa shape index (κ3) is 3.81. The molecule has 0 aromatic heterocycles. The molecule has 1 rings (SSSR count). The van der Waals surface area contributed by atoms with E-state index in [1.807, 2.05) is 7.05 Å². The Morgan fingerprint density at radius 1 is 1.31 bits per heavy atom. The summed E-state index contributed by atoms with van der Waals surface area (Å²) < 4.78 is 3.02. The predicted molar refractivity (Wildman–Crippen MR) is 59.5 cm³/mol. The zero-order valence-corrected chi connectivity index (χ0v) is 8.95. The van der Waals surface area contributed by atoms with E-state index in [1.165, 1.54) is 11.1 Å². The van der Waals surface area contributed by atoms with Gasteiger partial charge in [-0.1, -0.05) is 36.2 Å². The summed E-state index contributed by atoms with van der Waals surface area (Å²) in [5.74, 6) is 0.935. The van der Waals surface area contributed by atoms with Gasteiger partial charge >= 0.3 is 0 Å². The van der Waals surface area contributed by atoms with Crippen molar-refractivity contribution in [3.63, 3.8) is 0 Å². The molecule has 0 bridgehead atoms. The van der Waals surface area contributed by atoms with Crippen LogP contribution in [0.3, 0.4) is 0 Å². The molecule has 3 heteroatoms. The lowest BCUT2D eigenvalue weighted by atomic mass is 10.1. The van der Waals surface area contributed by atoms with Crippen molar-refractivity contribution in [1.29, 1.82) is 0 Å². The molecule has 0 amide bonds. The van der Waals surface area contributed by atoms with Crippen LogP contribution in [0.4, 0.5) is 0 Å². The number of rotatable bonds is 5. The highest BCUT2D eigenvalue weighted by atomic mass is 32.2. The van der Waals surface area contributed by atoms with Crippen LogP contribution in [0.25, 0.3) is 0 Å². The van der Waals surface area contributed by atoms with Gasteiger partial charge in [0.25, 0.3) is 0 Å². The highest BCUT2D eigenvalue weighted by molar-refractivity contribution is 7.97. The van der Waals surface area contributed by atoms with Gasteiger partial charge in [0.2, 0.25) is 0 Å². The van der Waals surface area contributed by atoms with Crippen molar-refractivity contribution in [1.82, 2.24) is 10.0 Å². The molecule has 0 aliphatic heterocycles. The minimum Gasteiger partial charge on any atom is -0.303 e. The monoisotopic (exact) mass is 196 g/mol. The topological polar surface area (TPSA) is 24.1 Å². The molecule has 0 saturated heterocycles. The fourth-order valence-electron chi connectivity index (χ4n) is 1.12. The zero-order chi connectivity index (χ0) is 9.52. The number of nitrogens with one attached hydrogen (secondary N) is 2. The Balaban J connectivity index is 2.32. The molecule has 2 nitrogen and oxygen atoms in total. The van der Waals surface area contributed by atoms with E-state index in [-0.39, 0.29) is 0 Å². The van der Waals surface area contributed by atoms with E-state index in [4.69, 9.17) is 0 Å². The summed E-state index contributed by atoms with van der Waals surface area (Å²) in [4.78, 5) is 0. The Morgan fingerprint density at radius 2 is 2.08 bits per heavy atom. The van der Waals surface area contributed by atoms with E-state index in [1.54, 1.807) is 11.9 Å². The average Bonchev–Trinajstić information content (AvgIpc) is 2.15. The molecule has 0 spiro atoms. The quantitative estimate of drug-likeness (QED) is 0.427. The first-order valence-electron chi connectivity index (χ1n) is 4.38. The molecule has 0 heterocycles. The second-order valence-corrected chi connectivity index (χ2v) is 3.83. The summed E-state index contributed by atoms with van der Waals surface area (Å²) in [6.45, 7) is 3.09. The van der Waals surface area contributed by atoms with Crippen LogP contribution in [-0.2, 0) is 6.54 Å². The Morgan fingerprint density at radius 3 is 2.77 bits per heavy atom. The molecule has 0 saturated carbocycles. The predicted octanol–water partition coefficient (Wildman–Crippen LogP) is 1.91. The van der Waals surface area contributed by atoms with E-state index >= 15 is 0 Å². The maximum absolute atomic E-state index is 3.34. The Hall–Kier alpha value is -0.510. The van der Waals surface area contributed by atoms with E-state index in [2.05, 4.69) is 41.2 Å². The third-order valence-electron chi connectivity index (χ3n) is 1.90. The lowest BCUT2D eigenvalue weighted by Crippen LogP contribution is -2.15. The standard InChI is InChI=1S/C10H16N2S/c1-9-5-3-4-6-10(9)7-12-8-13-11-2/h3-6,11-12H,7-8H2,1-2H3. The average molecular weight is 196 g/mol. The van der Waals surface area contributed by atoms with Gasteiger partial charge < -0.3 is 5.32 Å². The summed E-state index contributed by atoms with van der Waals surface area (Å²) in [5.41, 5.74) is 2.73. The molecule has 0 aliphatic carbocycles. The molecular formula is C10H16N2S. The van der Waals surface area contributed by atoms with E-state index in [0.29, 0.717) is 0 Å².